The second-order valence-electron chi connectivity index (χ2n) is 9.61. The van der Waals surface area contributed by atoms with Crippen molar-refractivity contribution in [1.29, 1.82) is 0 Å². The van der Waals surface area contributed by atoms with Crippen LogP contribution < -0.4 is 4.74 Å². The quantitative estimate of drug-likeness (QED) is 0.364. The molecule has 0 saturated carbocycles. The molecule has 2 aliphatic heterocycles. The fourth-order valence-corrected chi connectivity index (χ4v) is 6.15. The Morgan fingerprint density at radius 2 is 1.90 bits per heavy atom. The molecule has 204 valence electrons. The van der Waals surface area contributed by atoms with Crippen molar-refractivity contribution in [3.05, 3.63) is 82.1 Å². The molecule has 1 N–H and O–H groups in total. The Morgan fingerprint density at radius 1 is 1.13 bits per heavy atom. The van der Waals surface area contributed by atoms with Crippen LogP contribution in [0.1, 0.15) is 40.3 Å². The number of amides is 1. The average molecular weight is 548 g/mol. The molecule has 2 aliphatic rings. The van der Waals surface area contributed by atoms with Gasteiger partial charge in [0, 0.05) is 31.7 Å². The predicted octanol–water partition coefficient (Wildman–Crippen LogP) is 4.82. The number of thiazole rings is 1. The fraction of sp³-hybridized carbons (Fsp3) is 0.367. The molecule has 0 spiro atoms. The number of carbonyl (C=O) groups excluding carboxylic acids is 2. The van der Waals surface area contributed by atoms with Crippen LogP contribution in [0.5, 0.6) is 5.75 Å². The van der Waals surface area contributed by atoms with E-state index in [0.717, 1.165) is 35.8 Å². The van der Waals surface area contributed by atoms with Gasteiger partial charge in [0.05, 0.1) is 42.0 Å². The lowest BCUT2D eigenvalue weighted by Crippen LogP contribution is -2.39. The summed E-state index contributed by atoms with van der Waals surface area (Å²) in [5.74, 6) is -0.750. The van der Waals surface area contributed by atoms with Crippen LogP contribution in [0.2, 0.25) is 0 Å². The number of hydrogen-bond acceptors (Lipinski definition) is 8. The second kappa shape index (κ2) is 12.1. The van der Waals surface area contributed by atoms with E-state index in [1.165, 1.54) is 11.3 Å². The van der Waals surface area contributed by atoms with Gasteiger partial charge in [-0.25, -0.2) is 4.98 Å². The maximum atomic E-state index is 14.0. The van der Waals surface area contributed by atoms with Crippen LogP contribution in [0.4, 0.5) is 0 Å². The van der Waals surface area contributed by atoms with Crippen LogP contribution in [0.3, 0.4) is 0 Å². The van der Waals surface area contributed by atoms with E-state index in [0.29, 0.717) is 49.1 Å². The molecule has 0 bridgehead atoms. The second-order valence-corrected chi connectivity index (χ2v) is 10.6. The molecule has 1 fully saturated rings. The van der Waals surface area contributed by atoms with Crippen molar-refractivity contribution in [2.24, 2.45) is 0 Å². The zero-order valence-corrected chi connectivity index (χ0v) is 23.1. The molecule has 8 nitrogen and oxygen atoms in total. The summed E-state index contributed by atoms with van der Waals surface area (Å²) < 4.78 is 11.2. The normalized spacial score (nSPS) is 18.2. The van der Waals surface area contributed by atoms with Crippen molar-refractivity contribution >= 4 is 23.0 Å². The summed E-state index contributed by atoms with van der Waals surface area (Å²) in [5.41, 5.74) is 2.30. The van der Waals surface area contributed by atoms with E-state index in [4.69, 9.17) is 9.47 Å². The summed E-state index contributed by atoms with van der Waals surface area (Å²) >= 11 is 1.28. The van der Waals surface area contributed by atoms with E-state index in [1.54, 1.807) is 11.8 Å². The molecule has 1 unspecified atom stereocenters. The number of Topliss-reactive ketones (excluding diaryl/α,β-unsaturated/α-hetero) is 1. The third kappa shape index (κ3) is 5.75. The van der Waals surface area contributed by atoms with Gasteiger partial charge >= 0.3 is 0 Å². The number of ether oxygens (including phenoxy) is 2. The van der Waals surface area contributed by atoms with Gasteiger partial charge in [0.25, 0.3) is 5.91 Å². The van der Waals surface area contributed by atoms with Gasteiger partial charge in [-0.1, -0.05) is 42.5 Å². The highest BCUT2D eigenvalue weighted by Gasteiger charge is 2.44. The van der Waals surface area contributed by atoms with Gasteiger partial charge in [0.15, 0.2) is 5.76 Å². The number of rotatable bonds is 10. The van der Waals surface area contributed by atoms with Crippen molar-refractivity contribution in [3.8, 4) is 16.3 Å². The lowest BCUT2D eigenvalue weighted by Gasteiger charge is -2.30. The molecule has 2 aromatic carbocycles. The standard InChI is InChI=1S/C30H33N3O5S/c1-3-38-23-12-7-11-22(19-23)25-24(26(34)28-20(2)31-29(39-28)21-9-5-4-6-10-21)27(35)30(36)33(25)14-8-13-32-15-17-37-18-16-32/h4-7,9-12,19,25,35H,3,8,13-18H2,1-2H3. The minimum Gasteiger partial charge on any atom is -0.503 e. The number of morpholine rings is 1. The lowest BCUT2D eigenvalue weighted by molar-refractivity contribution is -0.129. The summed E-state index contributed by atoms with van der Waals surface area (Å²) in [6, 6.07) is 16.3. The molecule has 39 heavy (non-hydrogen) atoms. The van der Waals surface area contributed by atoms with E-state index in [2.05, 4.69) is 9.88 Å². The van der Waals surface area contributed by atoms with Crippen LogP contribution in [0, 0.1) is 6.92 Å². The first-order valence-electron chi connectivity index (χ1n) is 13.3. The summed E-state index contributed by atoms with van der Waals surface area (Å²) in [6.07, 6.45) is 0.708. The van der Waals surface area contributed by atoms with Gasteiger partial charge in [0.1, 0.15) is 10.8 Å². The van der Waals surface area contributed by atoms with Gasteiger partial charge < -0.3 is 19.5 Å². The maximum Gasteiger partial charge on any atom is 0.290 e. The Kier molecular flexibility index (Phi) is 8.40. The first kappa shape index (κ1) is 27.1. The Bertz CT molecular complexity index is 1360. The SMILES string of the molecule is CCOc1cccc(C2C(C(=O)c3sc(-c4ccccc4)nc3C)=C(O)C(=O)N2CCCN2CCOCC2)c1. The van der Waals surface area contributed by atoms with Crippen molar-refractivity contribution in [3.63, 3.8) is 0 Å². The van der Waals surface area contributed by atoms with Crippen LogP contribution >= 0.6 is 11.3 Å². The Labute approximate surface area is 232 Å². The molecule has 1 atom stereocenters. The van der Waals surface area contributed by atoms with E-state index in [-0.39, 0.29) is 11.4 Å². The Morgan fingerprint density at radius 3 is 2.64 bits per heavy atom. The number of aromatic nitrogens is 1. The molecule has 1 amide bonds. The summed E-state index contributed by atoms with van der Waals surface area (Å²) in [5, 5.41) is 11.8. The largest absolute Gasteiger partial charge is 0.503 e. The number of aryl methyl sites for hydroxylation is 1. The smallest absolute Gasteiger partial charge is 0.290 e. The lowest BCUT2D eigenvalue weighted by atomic mass is 9.95. The third-order valence-corrected chi connectivity index (χ3v) is 8.24. The van der Waals surface area contributed by atoms with Gasteiger partial charge in [-0.15, -0.1) is 11.3 Å². The number of carbonyl (C=O) groups is 2. The van der Waals surface area contributed by atoms with Crippen LogP contribution in [-0.4, -0.2) is 77.6 Å². The average Bonchev–Trinajstić information content (AvgIpc) is 3.47. The maximum absolute atomic E-state index is 14.0. The number of hydrogen-bond donors (Lipinski definition) is 1. The minimum absolute atomic E-state index is 0.0892. The zero-order valence-electron chi connectivity index (χ0n) is 22.3. The first-order chi connectivity index (χ1) is 19.0. The molecule has 0 radical (unpaired) electrons. The molecule has 1 aromatic heterocycles. The number of ketones is 1. The summed E-state index contributed by atoms with van der Waals surface area (Å²) in [4.78, 5) is 36.5. The van der Waals surface area contributed by atoms with Gasteiger partial charge in [-0.3, -0.25) is 14.5 Å². The monoisotopic (exact) mass is 547 g/mol. The van der Waals surface area contributed by atoms with E-state index in [9.17, 15) is 14.7 Å². The van der Waals surface area contributed by atoms with Crippen molar-refractivity contribution < 1.29 is 24.2 Å². The third-order valence-electron chi connectivity index (χ3n) is 7.03. The molecular weight excluding hydrogens is 514 g/mol. The van der Waals surface area contributed by atoms with Crippen molar-refractivity contribution in [2.45, 2.75) is 26.3 Å². The minimum atomic E-state index is -0.725. The first-order valence-corrected chi connectivity index (χ1v) is 14.1. The van der Waals surface area contributed by atoms with Gasteiger partial charge in [-0.05, 0) is 38.0 Å². The highest BCUT2D eigenvalue weighted by atomic mass is 32.1. The number of nitrogens with zero attached hydrogens (tertiary/aromatic N) is 3. The summed E-state index contributed by atoms with van der Waals surface area (Å²) in [6.45, 7) is 8.51. The molecule has 0 aliphatic carbocycles. The molecule has 5 rings (SSSR count). The molecular formula is C30H33N3O5S. The molecule has 3 aromatic rings. The Balaban J connectivity index is 1.47. The Hall–Kier alpha value is -3.53. The van der Waals surface area contributed by atoms with Crippen molar-refractivity contribution in [2.75, 3.05) is 46.0 Å². The highest BCUT2D eigenvalue weighted by molar-refractivity contribution is 7.17. The van der Waals surface area contributed by atoms with Crippen molar-refractivity contribution in [1.82, 2.24) is 14.8 Å². The van der Waals surface area contributed by atoms with Gasteiger partial charge in [-0.2, -0.15) is 0 Å². The van der Waals surface area contributed by atoms with E-state index in [1.807, 2.05) is 61.5 Å². The zero-order chi connectivity index (χ0) is 27.4. The molecule has 9 heteroatoms. The van der Waals surface area contributed by atoms with E-state index >= 15 is 0 Å². The fourth-order valence-electron chi connectivity index (χ4n) is 5.13. The predicted molar refractivity (Wildman–Crippen MR) is 150 cm³/mol. The molecule has 3 heterocycles. The molecule has 1 saturated heterocycles. The number of aliphatic hydroxyl groups excluding tert-OH is 1. The van der Waals surface area contributed by atoms with E-state index < -0.39 is 17.7 Å². The van der Waals surface area contributed by atoms with Gasteiger partial charge in [0.2, 0.25) is 5.78 Å². The number of benzene rings is 2. The van der Waals surface area contributed by atoms with Crippen LogP contribution in [-0.2, 0) is 9.53 Å². The summed E-state index contributed by atoms with van der Waals surface area (Å²) in [7, 11) is 0. The highest BCUT2D eigenvalue weighted by Crippen LogP contribution is 2.41. The topological polar surface area (TPSA) is 92.2 Å². The number of aliphatic hydroxyl groups is 1. The van der Waals surface area contributed by atoms with Crippen LogP contribution in [0.25, 0.3) is 10.6 Å². The van der Waals surface area contributed by atoms with Crippen LogP contribution in [0.15, 0.2) is 65.9 Å².